The fourth-order valence-corrected chi connectivity index (χ4v) is 0.738. The molecule has 0 saturated heterocycles. The van der Waals surface area contributed by atoms with E-state index < -0.39 is 0 Å². The van der Waals surface area contributed by atoms with E-state index in [1.165, 1.54) is 4.79 Å². The largest absolute Gasteiger partial charge is 0.323 e. The van der Waals surface area contributed by atoms with Gasteiger partial charge in [0.2, 0.25) is 0 Å². The van der Waals surface area contributed by atoms with Crippen molar-refractivity contribution < 1.29 is 0 Å². The maximum Gasteiger partial charge on any atom is 0.0698 e. The first-order chi connectivity index (χ1) is 4.50. The maximum absolute atomic E-state index is 5.38. The van der Waals surface area contributed by atoms with Gasteiger partial charge in [0.05, 0.1) is 5.69 Å². The Bertz CT molecular complexity index is 219. The summed E-state index contributed by atoms with van der Waals surface area (Å²) in [4.78, 5) is 1.33. The molecule has 1 heterocycles. The number of nitrogens with two attached hydrogens (primary N) is 1. The Hall–Kier alpha value is -0.990. The van der Waals surface area contributed by atoms with E-state index >= 15 is 0 Å². The van der Waals surface area contributed by atoms with Gasteiger partial charge in [-0.1, -0.05) is 20.8 Å². The van der Waals surface area contributed by atoms with Crippen molar-refractivity contribution in [3.8, 4) is 0 Å². The van der Waals surface area contributed by atoms with E-state index in [0.717, 1.165) is 5.69 Å². The second-order valence-electron chi connectivity index (χ2n) is 3.43. The smallest absolute Gasteiger partial charge is 0.0698 e. The zero-order valence-corrected chi connectivity index (χ0v) is 6.63. The van der Waals surface area contributed by atoms with Crippen molar-refractivity contribution in [1.82, 2.24) is 9.89 Å². The van der Waals surface area contributed by atoms with Crippen LogP contribution in [-0.2, 0) is 5.41 Å². The molecular weight excluding hydrogens is 126 g/mol. The predicted octanol–water partition coefficient (Wildman–Crippen LogP) is 0.894. The van der Waals surface area contributed by atoms with Crippen molar-refractivity contribution in [2.24, 2.45) is 0 Å². The zero-order chi connectivity index (χ0) is 7.78. The molecule has 1 aromatic rings. The summed E-state index contributed by atoms with van der Waals surface area (Å²) < 4.78 is 0. The van der Waals surface area contributed by atoms with Gasteiger partial charge in [0.1, 0.15) is 0 Å². The van der Waals surface area contributed by atoms with Crippen molar-refractivity contribution >= 4 is 0 Å². The second kappa shape index (κ2) is 2.01. The van der Waals surface area contributed by atoms with E-state index in [9.17, 15) is 0 Å². The van der Waals surface area contributed by atoms with Crippen molar-refractivity contribution in [2.45, 2.75) is 26.2 Å². The molecule has 0 bridgehead atoms. The van der Waals surface area contributed by atoms with Gasteiger partial charge in [0.15, 0.2) is 0 Å². The molecule has 0 aliphatic heterocycles. The monoisotopic (exact) mass is 139 g/mol. The zero-order valence-electron chi connectivity index (χ0n) is 6.63. The van der Waals surface area contributed by atoms with Crippen LogP contribution in [-0.4, -0.2) is 9.89 Å². The summed E-state index contributed by atoms with van der Waals surface area (Å²) in [7, 11) is 0. The predicted molar refractivity (Wildman–Crippen MR) is 41.1 cm³/mol. The highest BCUT2D eigenvalue weighted by Crippen LogP contribution is 2.18. The first kappa shape index (κ1) is 7.12. The number of aromatic nitrogens is 2. The summed E-state index contributed by atoms with van der Waals surface area (Å²) in [6.07, 6.45) is 1.75. The van der Waals surface area contributed by atoms with Gasteiger partial charge in [0.25, 0.3) is 0 Å². The molecule has 3 nitrogen and oxygen atoms in total. The summed E-state index contributed by atoms with van der Waals surface area (Å²) in [6, 6.07) is 1.93. The topological polar surface area (TPSA) is 43.8 Å². The molecule has 10 heavy (non-hydrogen) atoms. The summed E-state index contributed by atoms with van der Waals surface area (Å²) in [5.74, 6) is 5.38. The fraction of sp³-hybridized carbons (Fsp3) is 0.571. The number of hydrogen-bond donors (Lipinski definition) is 1. The Balaban J connectivity index is 2.96. The third kappa shape index (κ3) is 1.29. The van der Waals surface area contributed by atoms with Crippen LogP contribution >= 0.6 is 0 Å². The SMILES string of the molecule is CC(C)(C)c1ccn(N)n1. The number of rotatable bonds is 0. The van der Waals surface area contributed by atoms with Crippen LogP contribution in [0.4, 0.5) is 0 Å². The van der Waals surface area contributed by atoms with E-state index in [2.05, 4.69) is 25.9 Å². The molecule has 0 unspecified atom stereocenters. The highest BCUT2D eigenvalue weighted by atomic mass is 15.5. The summed E-state index contributed by atoms with van der Waals surface area (Å²) >= 11 is 0. The molecule has 0 amide bonds. The lowest BCUT2D eigenvalue weighted by Gasteiger charge is -2.13. The maximum atomic E-state index is 5.38. The van der Waals surface area contributed by atoms with Gasteiger partial charge >= 0.3 is 0 Å². The second-order valence-corrected chi connectivity index (χ2v) is 3.43. The molecule has 0 saturated carbocycles. The lowest BCUT2D eigenvalue weighted by Crippen LogP contribution is -2.15. The Kier molecular flexibility index (Phi) is 1.43. The van der Waals surface area contributed by atoms with Crippen LogP contribution < -0.4 is 5.84 Å². The van der Waals surface area contributed by atoms with Crippen molar-refractivity contribution in [2.75, 3.05) is 5.84 Å². The Labute approximate surface area is 60.8 Å². The summed E-state index contributed by atoms with van der Waals surface area (Å²) in [6.45, 7) is 6.32. The Morgan fingerprint density at radius 3 is 2.30 bits per heavy atom. The van der Waals surface area contributed by atoms with Gasteiger partial charge in [0, 0.05) is 11.6 Å². The molecule has 1 aromatic heterocycles. The molecule has 0 spiro atoms. The molecule has 3 heteroatoms. The van der Waals surface area contributed by atoms with E-state index in [0.29, 0.717) is 0 Å². The number of nitrogens with zero attached hydrogens (tertiary/aromatic N) is 2. The Morgan fingerprint density at radius 2 is 2.10 bits per heavy atom. The third-order valence-electron chi connectivity index (χ3n) is 1.38. The van der Waals surface area contributed by atoms with Crippen LogP contribution in [0.15, 0.2) is 12.3 Å². The van der Waals surface area contributed by atoms with Gasteiger partial charge in [-0.25, -0.2) is 0 Å². The number of hydrogen-bond acceptors (Lipinski definition) is 2. The summed E-state index contributed by atoms with van der Waals surface area (Å²) in [5, 5.41) is 4.08. The first-order valence-electron chi connectivity index (χ1n) is 3.31. The molecule has 0 aliphatic carbocycles. The lowest BCUT2D eigenvalue weighted by atomic mass is 9.93. The van der Waals surface area contributed by atoms with Crippen LogP contribution in [0, 0.1) is 0 Å². The van der Waals surface area contributed by atoms with Crippen LogP contribution in [0.3, 0.4) is 0 Å². The fourth-order valence-electron chi connectivity index (χ4n) is 0.738. The highest BCUT2D eigenvalue weighted by Gasteiger charge is 2.15. The lowest BCUT2D eigenvalue weighted by molar-refractivity contribution is 0.557. The molecule has 2 N–H and O–H groups in total. The average Bonchev–Trinajstić information content (AvgIpc) is 2.11. The van der Waals surface area contributed by atoms with E-state index in [1.54, 1.807) is 6.20 Å². The van der Waals surface area contributed by atoms with Gasteiger partial charge in [-0.3, -0.25) is 0 Å². The molecule has 0 aliphatic rings. The molecular formula is C7H13N3. The van der Waals surface area contributed by atoms with E-state index in [1.807, 2.05) is 6.07 Å². The van der Waals surface area contributed by atoms with Gasteiger partial charge in [-0.15, -0.1) is 0 Å². The standard InChI is InChI=1S/C7H13N3/c1-7(2,3)6-4-5-10(8)9-6/h4-5H,8H2,1-3H3. The van der Waals surface area contributed by atoms with Gasteiger partial charge in [-0.05, 0) is 6.07 Å². The van der Waals surface area contributed by atoms with Crippen LogP contribution in [0.2, 0.25) is 0 Å². The van der Waals surface area contributed by atoms with E-state index in [-0.39, 0.29) is 5.41 Å². The minimum absolute atomic E-state index is 0.102. The van der Waals surface area contributed by atoms with Gasteiger partial charge < -0.3 is 5.84 Å². The quantitative estimate of drug-likeness (QED) is 0.542. The number of nitrogen functional groups attached to an aromatic ring is 1. The molecule has 0 radical (unpaired) electrons. The van der Waals surface area contributed by atoms with Crippen molar-refractivity contribution in [3.63, 3.8) is 0 Å². The highest BCUT2D eigenvalue weighted by molar-refractivity contribution is 5.10. The van der Waals surface area contributed by atoms with Crippen LogP contribution in [0.1, 0.15) is 26.5 Å². The third-order valence-corrected chi connectivity index (χ3v) is 1.38. The molecule has 56 valence electrons. The molecule has 1 rings (SSSR count). The first-order valence-corrected chi connectivity index (χ1v) is 3.31. The summed E-state index contributed by atoms with van der Waals surface area (Å²) in [5.41, 5.74) is 1.12. The minimum atomic E-state index is 0.102. The molecule has 0 atom stereocenters. The Morgan fingerprint density at radius 1 is 1.50 bits per heavy atom. The van der Waals surface area contributed by atoms with E-state index in [4.69, 9.17) is 5.84 Å². The molecule has 0 aromatic carbocycles. The molecule has 0 fully saturated rings. The van der Waals surface area contributed by atoms with Crippen LogP contribution in [0.25, 0.3) is 0 Å². The van der Waals surface area contributed by atoms with Crippen molar-refractivity contribution in [1.29, 1.82) is 0 Å². The average molecular weight is 139 g/mol. The minimum Gasteiger partial charge on any atom is -0.323 e. The van der Waals surface area contributed by atoms with Gasteiger partial charge in [-0.2, -0.15) is 9.89 Å². The van der Waals surface area contributed by atoms with Crippen molar-refractivity contribution in [3.05, 3.63) is 18.0 Å². The normalized spacial score (nSPS) is 11.9. The van der Waals surface area contributed by atoms with Crippen LogP contribution in [0.5, 0.6) is 0 Å².